The van der Waals surface area contributed by atoms with Crippen LogP contribution in [0.15, 0.2) is 24.4 Å². The molecule has 1 aromatic heterocycles. The third-order valence-electron chi connectivity index (χ3n) is 2.18. The summed E-state index contributed by atoms with van der Waals surface area (Å²) in [6, 6.07) is 9.70. The molecular formula is C11H7N3. The average Bonchev–Trinajstić information content (AvgIpc) is 2.62. The van der Waals surface area contributed by atoms with Gasteiger partial charge in [0.25, 0.3) is 0 Å². The highest BCUT2D eigenvalue weighted by atomic mass is 14.7. The molecule has 1 N–H and O–H groups in total. The van der Waals surface area contributed by atoms with Crippen LogP contribution in [0.2, 0.25) is 0 Å². The molecule has 14 heavy (non-hydrogen) atoms. The van der Waals surface area contributed by atoms with Gasteiger partial charge in [-0.2, -0.15) is 10.5 Å². The van der Waals surface area contributed by atoms with Crippen LogP contribution >= 0.6 is 0 Å². The Balaban J connectivity index is 2.77. The number of aromatic nitrogens is 1. The van der Waals surface area contributed by atoms with Crippen LogP contribution < -0.4 is 0 Å². The maximum atomic E-state index is 8.90. The van der Waals surface area contributed by atoms with Gasteiger partial charge in [-0.3, -0.25) is 0 Å². The zero-order chi connectivity index (χ0) is 9.97. The van der Waals surface area contributed by atoms with Crippen LogP contribution in [-0.4, -0.2) is 4.98 Å². The molecule has 0 spiro atoms. The second-order valence-corrected chi connectivity index (χ2v) is 2.99. The molecule has 0 aliphatic carbocycles. The molecule has 1 heterocycles. The number of rotatable bonds is 1. The van der Waals surface area contributed by atoms with Gasteiger partial charge in [0.2, 0.25) is 0 Å². The summed E-state index contributed by atoms with van der Waals surface area (Å²) in [7, 11) is 0. The molecule has 0 amide bonds. The summed E-state index contributed by atoms with van der Waals surface area (Å²) in [5, 5.41) is 18.4. The quantitative estimate of drug-likeness (QED) is 0.732. The molecule has 0 fully saturated rings. The number of benzene rings is 1. The van der Waals surface area contributed by atoms with E-state index in [0.29, 0.717) is 12.0 Å². The Morgan fingerprint density at radius 1 is 1.29 bits per heavy atom. The van der Waals surface area contributed by atoms with E-state index in [-0.39, 0.29) is 0 Å². The lowest BCUT2D eigenvalue weighted by Gasteiger charge is -1.94. The van der Waals surface area contributed by atoms with Crippen molar-refractivity contribution in [1.82, 2.24) is 4.98 Å². The van der Waals surface area contributed by atoms with Crippen molar-refractivity contribution in [1.29, 1.82) is 10.5 Å². The minimum absolute atomic E-state index is 0.332. The molecule has 3 heteroatoms. The van der Waals surface area contributed by atoms with Crippen LogP contribution in [-0.2, 0) is 6.42 Å². The van der Waals surface area contributed by atoms with E-state index in [1.807, 2.05) is 12.1 Å². The van der Waals surface area contributed by atoms with E-state index in [0.717, 1.165) is 16.5 Å². The van der Waals surface area contributed by atoms with E-state index in [1.54, 1.807) is 12.3 Å². The summed E-state index contributed by atoms with van der Waals surface area (Å²) in [5.74, 6) is 0. The maximum Gasteiger partial charge on any atom is 0.0998 e. The molecule has 0 aliphatic rings. The molecule has 66 valence electrons. The normalized spacial score (nSPS) is 9.57. The van der Waals surface area contributed by atoms with Crippen LogP contribution in [0.4, 0.5) is 0 Å². The van der Waals surface area contributed by atoms with E-state index < -0.39 is 0 Å². The Bertz CT molecular complexity index is 552. The van der Waals surface area contributed by atoms with E-state index in [9.17, 15) is 0 Å². The predicted octanol–water partition coefficient (Wildman–Crippen LogP) is 2.11. The van der Waals surface area contributed by atoms with Crippen molar-refractivity contribution in [3.8, 4) is 12.1 Å². The lowest BCUT2D eigenvalue weighted by molar-refractivity contribution is 1.27. The first kappa shape index (κ1) is 8.34. The van der Waals surface area contributed by atoms with Crippen LogP contribution in [0.1, 0.15) is 11.1 Å². The van der Waals surface area contributed by atoms with Crippen LogP contribution in [0.5, 0.6) is 0 Å². The Morgan fingerprint density at radius 3 is 2.86 bits per heavy atom. The smallest absolute Gasteiger partial charge is 0.0998 e. The molecule has 3 nitrogen and oxygen atoms in total. The van der Waals surface area contributed by atoms with Crippen LogP contribution in [0.25, 0.3) is 10.9 Å². The molecule has 2 rings (SSSR count). The molecule has 2 aromatic rings. The van der Waals surface area contributed by atoms with Gasteiger partial charge in [0.05, 0.1) is 24.1 Å². The topological polar surface area (TPSA) is 63.4 Å². The highest BCUT2D eigenvalue weighted by Gasteiger charge is 2.06. The van der Waals surface area contributed by atoms with Crippen molar-refractivity contribution in [2.75, 3.05) is 0 Å². The molecule has 0 unspecified atom stereocenters. The minimum Gasteiger partial charge on any atom is -0.361 e. The summed E-state index contributed by atoms with van der Waals surface area (Å²) in [6.45, 7) is 0. The lowest BCUT2D eigenvalue weighted by Crippen LogP contribution is -1.81. The first-order valence-corrected chi connectivity index (χ1v) is 4.23. The zero-order valence-corrected chi connectivity index (χ0v) is 7.41. The highest BCUT2D eigenvalue weighted by Crippen LogP contribution is 2.22. The third kappa shape index (κ3) is 1.12. The Labute approximate surface area is 81.2 Å². The van der Waals surface area contributed by atoms with Gasteiger partial charge in [-0.05, 0) is 17.7 Å². The van der Waals surface area contributed by atoms with Crippen molar-refractivity contribution in [2.24, 2.45) is 0 Å². The number of hydrogen-bond acceptors (Lipinski definition) is 2. The van der Waals surface area contributed by atoms with E-state index in [2.05, 4.69) is 17.1 Å². The second-order valence-electron chi connectivity index (χ2n) is 2.99. The molecule has 0 aliphatic heterocycles. The molecule has 0 atom stereocenters. The molecule has 0 radical (unpaired) electrons. The van der Waals surface area contributed by atoms with Gasteiger partial charge < -0.3 is 4.98 Å². The molecular weight excluding hydrogens is 174 g/mol. The monoisotopic (exact) mass is 181 g/mol. The summed E-state index contributed by atoms with van der Waals surface area (Å²) in [4.78, 5) is 3.05. The van der Waals surface area contributed by atoms with E-state index in [4.69, 9.17) is 10.5 Å². The Kier molecular flexibility index (Phi) is 1.93. The predicted molar refractivity (Wildman–Crippen MR) is 52.3 cm³/mol. The standard InChI is InChI=1S/C11H7N3/c12-5-4-9-7-14-10-3-1-2-8(6-13)11(9)10/h1-3,7,14H,4H2. The SMILES string of the molecule is N#CCc1c[nH]c2cccc(C#N)c12. The van der Waals surface area contributed by atoms with Gasteiger partial charge in [0.1, 0.15) is 0 Å². The number of aromatic amines is 1. The number of nitrogens with zero attached hydrogens (tertiary/aromatic N) is 2. The largest absolute Gasteiger partial charge is 0.361 e. The fourth-order valence-corrected chi connectivity index (χ4v) is 1.57. The Morgan fingerprint density at radius 2 is 2.14 bits per heavy atom. The molecule has 0 bridgehead atoms. The Hall–Kier alpha value is -2.26. The number of nitrogens with one attached hydrogen (secondary N) is 1. The maximum absolute atomic E-state index is 8.90. The average molecular weight is 181 g/mol. The van der Waals surface area contributed by atoms with Crippen molar-refractivity contribution in [3.05, 3.63) is 35.5 Å². The fraction of sp³-hybridized carbons (Fsp3) is 0.0909. The van der Waals surface area contributed by atoms with Crippen molar-refractivity contribution < 1.29 is 0 Å². The number of H-pyrrole nitrogens is 1. The van der Waals surface area contributed by atoms with Gasteiger partial charge in [0, 0.05) is 17.1 Å². The first-order chi connectivity index (χ1) is 6.86. The molecule has 1 aromatic carbocycles. The van der Waals surface area contributed by atoms with Gasteiger partial charge in [-0.25, -0.2) is 0 Å². The summed E-state index contributed by atoms with van der Waals surface area (Å²) < 4.78 is 0. The van der Waals surface area contributed by atoms with Gasteiger partial charge in [0.15, 0.2) is 0 Å². The lowest BCUT2D eigenvalue weighted by atomic mass is 10.1. The molecule has 0 saturated heterocycles. The van der Waals surface area contributed by atoms with Gasteiger partial charge in [-0.15, -0.1) is 0 Å². The van der Waals surface area contributed by atoms with Gasteiger partial charge in [-0.1, -0.05) is 6.07 Å². The minimum atomic E-state index is 0.332. The summed E-state index contributed by atoms with van der Waals surface area (Å²) in [5.41, 5.74) is 2.42. The highest BCUT2D eigenvalue weighted by molar-refractivity contribution is 5.88. The number of nitriles is 2. The van der Waals surface area contributed by atoms with Crippen LogP contribution in [0, 0.1) is 22.7 Å². The number of hydrogen-bond donors (Lipinski definition) is 1. The van der Waals surface area contributed by atoms with E-state index in [1.165, 1.54) is 0 Å². The van der Waals surface area contributed by atoms with Crippen molar-refractivity contribution >= 4 is 10.9 Å². The second kappa shape index (κ2) is 3.24. The van der Waals surface area contributed by atoms with Crippen molar-refractivity contribution in [2.45, 2.75) is 6.42 Å². The summed E-state index contributed by atoms with van der Waals surface area (Å²) >= 11 is 0. The van der Waals surface area contributed by atoms with Crippen molar-refractivity contribution in [3.63, 3.8) is 0 Å². The first-order valence-electron chi connectivity index (χ1n) is 4.23. The molecule has 0 saturated carbocycles. The van der Waals surface area contributed by atoms with E-state index >= 15 is 0 Å². The fourth-order valence-electron chi connectivity index (χ4n) is 1.57. The third-order valence-corrected chi connectivity index (χ3v) is 2.18. The van der Waals surface area contributed by atoms with Gasteiger partial charge >= 0.3 is 0 Å². The summed E-state index contributed by atoms with van der Waals surface area (Å²) in [6.07, 6.45) is 2.12. The van der Waals surface area contributed by atoms with Crippen LogP contribution in [0.3, 0.4) is 0 Å². The zero-order valence-electron chi connectivity index (χ0n) is 7.41. The number of fused-ring (bicyclic) bond motifs is 1.